The highest BCUT2D eigenvalue weighted by Crippen LogP contribution is 2.21. The SMILES string of the molecule is Cc1nc2ncnn2c(NC2CCN(C)C(=O)C2)c1C. The number of fused-ring (bicyclic) bond motifs is 1. The zero-order valence-electron chi connectivity index (χ0n) is 11.9. The Labute approximate surface area is 117 Å². The third-order valence-corrected chi connectivity index (χ3v) is 3.91. The number of aromatic nitrogens is 4. The van der Waals surface area contributed by atoms with Crippen LogP contribution in [-0.4, -0.2) is 50.0 Å². The normalized spacial score (nSPS) is 19.6. The summed E-state index contributed by atoms with van der Waals surface area (Å²) in [6.07, 6.45) is 2.93. The predicted octanol–water partition coefficient (Wildman–Crippen LogP) is 0.774. The molecule has 1 N–H and O–H groups in total. The summed E-state index contributed by atoms with van der Waals surface area (Å²) >= 11 is 0. The summed E-state index contributed by atoms with van der Waals surface area (Å²) in [6.45, 7) is 4.73. The van der Waals surface area contributed by atoms with Crippen LogP contribution in [0.15, 0.2) is 6.33 Å². The average Bonchev–Trinajstić information content (AvgIpc) is 2.87. The van der Waals surface area contributed by atoms with E-state index in [4.69, 9.17) is 0 Å². The van der Waals surface area contributed by atoms with Gasteiger partial charge in [-0.1, -0.05) is 0 Å². The number of hydrogen-bond acceptors (Lipinski definition) is 5. The fraction of sp³-hybridized carbons (Fsp3) is 0.538. The third kappa shape index (κ3) is 2.09. The van der Waals surface area contributed by atoms with Crippen LogP contribution in [0.2, 0.25) is 0 Å². The first-order valence-corrected chi connectivity index (χ1v) is 6.73. The number of anilines is 1. The first-order valence-electron chi connectivity index (χ1n) is 6.73. The maximum atomic E-state index is 11.8. The van der Waals surface area contributed by atoms with Gasteiger partial charge in [0, 0.05) is 37.3 Å². The molecule has 1 amide bonds. The zero-order chi connectivity index (χ0) is 14.3. The molecule has 3 heterocycles. The van der Waals surface area contributed by atoms with Crippen molar-refractivity contribution in [1.29, 1.82) is 0 Å². The zero-order valence-corrected chi connectivity index (χ0v) is 11.9. The number of nitrogens with one attached hydrogen (secondary N) is 1. The molecule has 3 rings (SSSR count). The van der Waals surface area contributed by atoms with Gasteiger partial charge >= 0.3 is 0 Å². The summed E-state index contributed by atoms with van der Waals surface area (Å²) in [7, 11) is 1.84. The number of carbonyl (C=O) groups excluding carboxylic acids is 1. The van der Waals surface area contributed by atoms with Gasteiger partial charge in [0.05, 0.1) is 0 Å². The molecule has 0 aromatic carbocycles. The molecule has 1 saturated heterocycles. The molecule has 1 fully saturated rings. The minimum absolute atomic E-state index is 0.131. The van der Waals surface area contributed by atoms with Gasteiger partial charge in [0.1, 0.15) is 12.1 Å². The molecule has 106 valence electrons. The smallest absolute Gasteiger partial charge is 0.254 e. The van der Waals surface area contributed by atoms with Crippen molar-refractivity contribution in [2.75, 3.05) is 18.9 Å². The maximum Gasteiger partial charge on any atom is 0.254 e. The Balaban J connectivity index is 1.92. The summed E-state index contributed by atoms with van der Waals surface area (Å²) in [5, 5.41) is 7.65. The Morgan fingerprint density at radius 1 is 1.40 bits per heavy atom. The number of aryl methyl sites for hydroxylation is 1. The number of carbonyl (C=O) groups is 1. The molecule has 20 heavy (non-hydrogen) atoms. The monoisotopic (exact) mass is 274 g/mol. The molecule has 7 heteroatoms. The van der Waals surface area contributed by atoms with Crippen molar-refractivity contribution in [3.05, 3.63) is 17.6 Å². The van der Waals surface area contributed by atoms with Crippen molar-refractivity contribution in [2.45, 2.75) is 32.7 Å². The van der Waals surface area contributed by atoms with Gasteiger partial charge in [0.15, 0.2) is 0 Å². The molecule has 2 aromatic heterocycles. The molecule has 1 aliphatic heterocycles. The number of likely N-dealkylation sites (tertiary alicyclic amines) is 1. The molecular formula is C13H18N6O. The molecule has 0 bridgehead atoms. The van der Waals surface area contributed by atoms with Gasteiger partial charge in [-0.15, -0.1) is 0 Å². The van der Waals surface area contributed by atoms with Crippen molar-refractivity contribution >= 4 is 17.5 Å². The van der Waals surface area contributed by atoms with Crippen LogP contribution in [0.1, 0.15) is 24.1 Å². The fourth-order valence-electron chi connectivity index (χ4n) is 2.46. The first kappa shape index (κ1) is 12.8. The van der Waals surface area contributed by atoms with E-state index in [0.29, 0.717) is 12.2 Å². The molecule has 0 saturated carbocycles. The molecule has 2 aromatic rings. The van der Waals surface area contributed by atoms with E-state index in [1.54, 1.807) is 9.42 Å². The van der Waals surface area contributed by atoms with Gasteiger partial charge in [-0.25, -0.2) is 4.98 Å². The van der Waals surface area contributed by atoms with Gasteiger partial charge in [-0.05, 0) is 20.3 Å². The van der Waals surface area contributed by atoms with Crippen LogP contribution in [0, 0.1) is 13.8 Å². The van der Waals surface area contributed by atoms with Crippen LogP contribution < -0.4 is 5.32 Å². The van der Waals surface area contributed by atoms with Crippen LogP contribution in [0.4, 0.5) is 5.82 Å². The molecule has 0 radical (unpaired) electrons. The lowest BCUT2D eigenvalue weighted by Gasteiger charge is -2.30. The summed E-state index contributed by atoms with van der Waals surface area (Å²) in [5.74, 6) is 1.63. The van der Waals surface area contributed by atoms with E-state index in [2.05, 4.69) is 20.4 Å². The van der Waals surface area contributed by atoms with E-state index in [1.807, 2.05) is 20.9 Å². The first-order chi connectivity index (χ1) is 9.56. The number of amides is 1. The summed E-state index contributed by atoms with van der Waals surface area (Å²) in [5.41, 5.74) is 1.96. The van der Waals surface area contributed by atoms with Gasteiger partial charge in [0.25, 0.3) is 5.78 Å². The second-order valence-corrected chi connectivity index (χ2v) is 5.29. The molecule has 7 nitrogen and oxygen atoms in total. The van der Waals surface area contributed by atoms with Gasteiger partial charge < -0.3 is 10.2 Å². The Morgan fingerprint density at radius 2 is 2.20 bits per heavy atom. The highest BCUT2D eigenvalue weighted by molar-refractivity contribution is 5.78. The second kappa shape index (κ2) is 4.73. The van der Waals surface area contributed by atoms with Crippen LogP contribution >= 0.6 is 0 Å². The largest absolute Gasteiger partial charge is 0.366 e. The van der Waals surface area contributed by atoms with Crippen molar-refractivity contribution in [1.82, 2.24) is 24.5 Å². The summed E-state index contributed by atoms with van der Waals surface area (Å²) < 4.78 is 1.70. The Hall–Kier alpha value is -2.18. The maximum absolute atomic E-state index is 11.8. The summed E-state index contributed by atoms with van der Waals surface area (Å²) in [6, 6.07) is 0.131. The van der Waals surface area contributed by atoms with Crippen molar-refractivity contribution in [2.24, 2.45) is 0 Å². The molecule has 1 unspecified atom stereocenters. The molecule has 1 atom stereocenters. The molecule has 1 aliphatic rings. The van der Waals surface area contributed by atoms with E-state index >= 15 is 0 Å². The molecular weight excluding hydrogens is 256 g/mol. The van der Waals surface area contributed by atoms with E-state index in [1.165, 1.54) is 6.33 Å². The van der Waals surface area contributed by atoms with E-state index < -0.39 is 0 Å². The number of piperidine rings is 1. The highest BCUT2D eigenvalue weighted by Gasteiger charge is 2.24. The average molecular weight is 274 g/mol. The minimum atomic E-state index is 0.131. The number of hydrogen-bond donors (Lipinski definition) is 1. The van der Waals surface area contributed by atoms with Crippen LogP contribution in [0.25, 0.3) is 5.78 Å². The van der Waals surface area contributed by atoms with Gasteiger partial charge in [-0.2, -0.15) is 14.6 Å². The summed E-state index contributed by atoms with van der Waals surface area (Å²) in [4.78, 5) is 22.1. The van der Waals surface area contributed by atoms with Crippen LogP contribution in [0.3, 0.4) is 0 Å². The fourth-order valence-corrected chi connectivity index (χ4v) is 2.46. The van der Waals surface area contributed by atoms with Crippen LogP contribution in [0.5, 0.6) is 0 Å². The van der Waals surface area contributed by atoms with Gasteiger partial charge in [-0.3, -0.25) is 4.79 Å². The van der Waals surface area contributed by atoms with E-state index in [0.717, 1.165) is 30.0 Å². The number of nitrogens with zero attached hydrogens (tertiary/aromatic N) is 5. The minimum Gasteiger partial charge on any atom is -0.366 e. The second-order valence-electron chi connectivity index (χ2n) is 5.29. The Morgan fingerprint density at radius 3 is 2.95 bits per heavy atom. The number of rotatable bonds is 2. The molecule has 0 aliphatic carbocycles. The van der Waals surface area contributed by atoms with E-state index in [-0.39, 0.29) is 11.9 Å². The lowest BCUT2D eigenvalue weighted by atomic mass is 10.0. The lowest BCUT2D eigenvalue weighted by molar-refractivity contribution is -0.132. The topological polar surface area (TPSA) is 75.4 Å². The molecule has 0 spiro atoms. The standard InChI is InChI=1S/C13H18N6O/c1-8-9(2)16-13-14-7-15-19(13)12(8)17-10-4-5-18(3)11(20)6-10/h7,10,17H,4-6H2,1-3H3. The predicted molar refractivity (Wildman–Crippen MR) is 74.5 cm³/mol. The van der Waals surface area contributed by atoms with Crippen LogP contribution in [-0.2, 0) is 4.79 Å². The van der Waals surface area contributed by atoms with Crippen molar-refractivity contribution < 1.29 is 4.79 Å². The Bertz CT molecular complexity index is 664. The highest BCUT2D eigenvalue weighted by atomic mass is 16.2. The van der Waals surface area contributed by atoms with Gasteiger partial charge in [0.2, 0.25) is 5.91 Å². The quantitative estimate of drug-likeness (QED) is 0.875. The van der Waals surface area contributed by atoms with Crippen molar-refractivity contribution in [3.63, 3.8) is 0 Å². The lowest BCUT2D eigenvalue weighted by Crippen LogP contribution is -2.41. The van der Waals surface area contributed by atoms with E-state index in [9.17, 15) is 4.79 Å². The third-order valence-electron chi connectivity index (χ3n) is 3.91. The van der Waals surface area contributed by atoms with Crippen molar-refractivity contribution in [3.8, 4) is 0 Å². The Kier molecular flexibility index (Phi) is 3.04.